The third-order valence-corrected chi connectivity index (χ3v) is 6.10. The summed E-state index contributed by atoms with van der Waals surface area (Å²) < 4.78 is 7.50. The van der Waals surface area contributed by atoms with Gasteiger partial charge in [0.05, 0.1) is 13.2 Å². The number of carbonyl (C=O) groups is 2. The Balaban J connectivity index is 1.26. The molecule has 178 valence electrons. The minimum atomic E-state index is -0.187. The molecular weight excluding hydrogens is 428 g/mol. The lowest BCUT2D eigenvalue weighted by Gasteiger charge is -2.26. The highest BCUT2D eigenvalue weighted by molar-refractivity contribution is 6.04. The largest absolute Gasteiger partial charge is 0.379 e. The summed E-state index contributed by atoms with van der Waals surface area (Å²) in [5.41, 5.74) is 5.12. The number of amides is 2. The van der Waals surface area contributed by atoms with E-state index < -0.39 is 0 Å². The number of benzene rings is 2. The van der Waals surface area contributed by atoms with E-state index in [0.717, 1.165) is 56.3 Å². The number of morpholine rings is 1. The van der Waals surface area contributed by atoms with Gasteiger partial charge in [-0.2, -0.15) is 0 Å². The van der Waals surface area contributed by atoms with Gasteiger partial charge in [0.15, 0.2) is 0 Å². The lowest BCUT2D eigenvalue weighted by Crippen LogP contribution is -2.38. The second kappa shape index (κ2) is 11.1. The van der Waals surface area contributed by atoms with Crippen LogP contribution in [-0.2, 0) is 4.74 Å². The van der Waals surface area contributed by atoms with Crippen molar-refractivity contribution in [1.82, 2.24) is 14.8 Å². The van der Waals surface area contributed by atoms with Crippen molar-refractivity contribution in [3.05, 3.63) is 83.2 Å². The van der Waals surface area contributed by atoms with Crippen molar-refractivity contribution in [1.29, 1.82) is 0 Å². The maximum absolute atomic E-state index is 12.7. The zero-order valence-electron chi connectivity index (χ0n) is 19.8. The minimum absolute atomic E-state index is 0.106. The number of rotatable bonds is 8. The monoisotopic (exact) mass is 460 g/mol. The Morgan fingerprint density at radius 1 is 0.824 bits per heavy atom. The quantitative estimate of drug-likeness (QED) is 0.502. The molecule has 1 aliphatic heterocycles. The van der Waals surface area contributed by atoms with Crippen molar-refractivity contribution >= 4 is 17.5 Å². The summed E-state index contributed by atoms with van der Waals surface area (Å²) in [5, 5.41) is 5.86. The summed E-state index contributed by atoms with van der Waals surface area (Å²) >= 11 is 0. The molecular formula is C27H32N4O3. The number of ether oxygens (including phenoxy) is 1. The topological polar surface area (TPSA) is 75.6 Å². The van der Waals surface area contributed by atoms with Crippen LogP contribution in [0.3, 0.4) is 0 Å². The van der Waals surface area contributed by atoms with Crippen molar-refractivity contribution in [3.63, 3.8) is 0 Å². The highest BCUT2D eigenvalue weighted by Crippen LogP contribution is 2.18. The molecule has 0 aliphatic carbocycles. The van der Waals surface area contributed by atoms with Crippen LogP contribution in [-0.4, -0.2) is 60.7 Å². The van der Waals surface area contributed by atoms with E-state index in [1.165, 1.54) is 0 Å². The van der Waals surface area contributed by atoms with Crippen LogP contribution in [0.15, 0.2) is 60.7 Å². The molecule has 0 unspecified atom stereocenters. The first-order chi connectivity index (χ1) is 16.5. The normalized spacial score (nSPS) is 14.1. The van der Waals surface area contributed by atoms with Gasteiger partial charge in [0.1, 0.15) is 0 Å². The van der Waals surface area contributed by atoms with E-state index in [1.807, 2.05) is 24.3 Å². The van der Waals surface area contributed by atoms with Gasteiger partial charge in [-0.3, -0.25) is 14.5 Å². The Kier molecular flexibility index (Phi) is 7.77. The molecule has 1 fully saturated rings. The van der Waals surface area contributed by atoms with E-state index in [9.17, 15) is 9.59 Å². The van der Waals surface area contributed by atoms with E-state index in [-0.39, 0.29) is 11.8 Å². The zero-order valence-corrected chi connectivity index (χ0v) is 19.8. The molecule has 4 rings (SSSR count). The summed E-state index contributed by atoms with van der Waals surface area (Å²) in [5.74, 6) is -0.293. The standard InChI is InChI=1S/C27H32N4O3/c1-20-4-5-21(2)31(20)25-12-8-23(9-13-25)27(33)29-24-10-6-22(7-11-24)26(32)28-14-3-15-30-16-18-34-19-17-30/h4-13H,3,14-19H2,1-2H3,(H,28,32)(H,29,33). The highest BCUT2D eigenvalue weighted by Gasteiger charge is 2.11. The average molecular weight is 461 g/mol. The fourth-order valence-corrected chi connectivity index (χ4v) is 4.18. The van der Waals surface area contributed by atoms with Crippen LogP contribution in [0.4, 0.5) is 5.69 Å². The van der Waals surface area contributed by atoms with Crippen molar-refractivity contribution in [2.24, 2.45) is 0 Å². The molecule has 1 saturated heterocycles. The van der Waals surface area contributed by atoms with Crippen molar-refractivity contribution in [2.75, 3.05) is 44.7 Å². The molecule has 0 bridgehead atoms. The van der Waals surface area contributed by atoms with Gasteiger partial charge in [-0.15, -0.1) is 0 Å². The smallest absolute Gasteiger partial charge is 0.255 e. The van der Waals surface area contributed by atoms with Gasteiger partial charge in [0.2, 0.25) is 0 Å². The number of nitrogens with one attached hydrogen (secondary N) is 2. The molecule has 0 atom stereocenters. The van der Waals surface area contributed by atoms with E-state index in [0.29, 0.717) is 23.4 Å². The third kappa shape index (κ3) is 5.92. The van der Waals surface area contributed by atoms with Crippen LogP contribution >= 0.6 is 0 Å². The Hall–Kier alpha value is -3.42. The summed E-state index contributed by atoms with van der Waals surface area (Å²) in [6, 6.07) is 18.6. The zero-order chi connectivity index (χ0) is 23.9. The first kappa shape index (κ1) is 23.7. The molecule has 34 heavy (non-hydrogen) atoms. The predicted molar refractivity (Wildman–Crippen MR) is 134 cm³/mol. The molecule has 0 radical (unpaired) electrons. The van der Waals surface area contributed by atoms with Gasteiger partial charge in [0.25, 0.3) is 11.8 Å². The number of hydrogen-bond acceptors (Lipinski definition) is 4. The second-order valence-electron chi connectivity index (χ2n) is 8.59. The maximum atomic E-state index is 12.7. The first-order valence-electron chi connectivity index (χ1n) is 11.8. The summed E-state index contributed by atoms with van der Waals surface area (Å²) in [7, 11) is 0. The van der Waals surface area contributed by atoms with Crippen molar-refractivity contribution < 1.29 is 14.3 Å². The Morgan fingerprint density at radius 2 is 1.41 bits per heavy atom. The molecule has 2 amide bonds. The summed E-state index contributed by atoms with van der Waals surface area (Å²) in [6.45, 7) is 9.19. The lowest BCUT2D eigenvalue weighted by molar-refractivity contribution is 0.0374. The van der Waals surface area contributed by atoms with Crippen LogP contribution in [0.25, 0.3) is 5.69 Å². The van der Waals surface area contributed by atoms with Gasteiger partial charge < -0.3 is 19.9 Å². The molecule has 0 spiro atoms. The fourth-order valence-electron chi connectivity index (χ4n) is 4.18. The number of hydrogen-bond donors (Lipinski definition) is 2. The highest BCUT2D eigenvalue weighted by atomic mass is 16.5. The second-order valence-corrected chi connectivity index (χ2v) is 8.59. The van der Waals surface area contributed by atoms with Gasteiger partial charge in [-0.1, -0.05) is 0 Å². The molecule has 1 aromatic heterocycles. The number of aromatic nitrogens is 1. The Bertz CT molecular complexity index is 1090. The van der Waals surface area contributed by atoms with Crippen molar-refractivity contribution in [2.45, 2.75) is 20.3 Å². The molecule has 2 aromatic carbocycles. The number of nitrogens with zero attached hydrogens (tertiary/aromatic N) is 2. The van der Waals surface area contributed by atoms with E-state index >= 15 is 0 Å². The molecule has 1 aliphatic rings. The summed E-state index contributed by atoms with van der Waals surface area (Å²) in [4.78, 5) is 27.4. The molecule has 0 saturated carbocycles. The molecule has 2 N–H and O–H groups in total. The van der Waals surface area contributed by atoms with Crippen LogP contribution < -0.4 is 10.6 Å². The minimum Gasteiger partial charge on any atom is -0.379 e. The molecule has 7 heteroatoms. The van der Waals surface area contributed by atoms with E-state index in [4.69, 9.17) is 4.74 Å². The van der Waals surface area contributed by atoms with Gasteiger partial charge in [0, 0.05) is 53.5 Å². The first-order valence-corrected chi connectivity index (χ1v) is 11.8. The van der Waals surface area contributed by atoms with Crippen LogP contribution in [0.1, 0.15) is 38.5 Å². The summed E-state index contributed by atoms with van der Waals surface area (Å²) in [6.07, 6.45) is 0.905. The maximum Gasteiger partial charge on any atom is 0.255 e. The van der Waals surface area contributed by atoms with Crippen LogP contribution in [0, 0.1) is 13.8 Å². The van der Waals surface area contributed by atoms with Gasteiger partial charge in [-0.25, -0.2) is 0 Å². The van der Waals surface area contributed by atoms with E-state index in [1.54, 1.807) is 24.3 Å². The fraction of sp³-hybridized carbons (Fsp3) is 0.333. The molecule has 3 aromatic rings. The molecule has 2 heterocycles. The number of anilines is 1. The number of carbonyl (C=O) groups excluding carboxylic acids is 2. The third-order valence-electron chi connectivity index (χ3n) is 6.10. The SMILES string of the molecule is Cc1ccc(C)n1-c1ccc(C(=O)Nc2ccc(C(=O)NCCCN3CCOCC3)cc2)cc1. The average Bonchev–Trinajstić information content (AvgIpc) is 3.20. The van der Waals surface area contributed by atoms with E-state index in [2.05, 4.69) is 46.1 Å². The predicted octanol–water partition coefficient (Wildman–Crippen LogP) is 3.80. The van der Waals surface area contributed by atoms with Gasteiger partial charge >= 0.3 is 0 Å². The van der Waals surface area contributed by atoms with Gasteiger partial charge in [-0.05, 0) is 87.5 Å². The Morgan fingerprint density at radius 3 is 2.06 bits per heavy atom. The van der Waals surface area contributed by atoms with Crippen molar-refractivity contribution in [3.8, 4) is 5.69 Å². The Labute approximate surface area is 200 Å². The molecule has 7 nitrogen and oxygen atoms in total. The van der Waals surface area contributed by atoms with Crippen LogP contribution in [0.5, 0.6) is 0 Å². The number of aryl methyl sites for hydroxylation is 2. The van der Waals surface area contributed by atoms with Crippen LogP contribution in [0.2, 0.25) is 0 Å². The lowest BCUT2D eigenvalue weighted by atomic mass is 10.1.